The fourth-order valence-corrected chi connectivity index (χ4v) is 3.58. The zero-order valence-corrected chi connectivity index (χ0v) is 13.4. The second-order valence-electron chi connectivity index (χ2n) is 5.42. The van der Waals surface area contributed by atoms with E-state index >= 15 is 0 Å². The number of nitrogens with zero attached hydrogens (tertiary/aromatic N) is 1. The fraction of sp³-hybridized carbons (Fsp3) is 0.158. The summed E-state index contributed by atoms with van der Waals surface area (Å²) in [5, 5.41) is 0. The van der Waals surface area contributed by atoms with Gasteiger partial charge in [-0.2, -0.15) is 0 Å². The number of hydrogen-bond acceptors (Lipinski definition) is 2. The highest BCUT2D eigenvalue weighted by atomic mass is 32.2. The first-order chi connectivity index (χ1) is 10.7. The van der Waals surface area contributed by atoms with Gasteiger partial charge < -0.3 is 4.90 Å². The summed E-state index contributed by atoms with van der Waals surface area (Å²) < 4.78 is 12.7. The lowest BCUT2D eigenvalue weighted by atomic mass is 10.2. The molecule has 0 radical (unpaired) electrons. The van der Waals surface area contributed by atoms with Gasteiger partial charge in [0.1, 0.15) is 0 Å². The van der Waals surface area contributed by atoms with Crippen molar-refractivity contribution in [2.45, 2.75) is 24.8 Å². The Balaban J connectivity index is 1.76. The summed E-state index contributed by atoms with van der Waals surface area (Å²) in [6.07, 6.45) is 6.89. The summed E-state index contributed by atoms with van der Waals surface area (Å²) in [5.41, 5.74) is 2.43. The zero-order chi connectivity index (χ0) is 15.4. The van der Waals surface area contributed by atoms with Crippen LogP contribution in [0.2, 0.25) is 0 Å². The number of benzene rings is 2. The molecule has 1 aliphatic heterocycles. The van der Waals surface area contributed by atoms with Gasteiger partial charge in [-0.1, -0.05) is 54.1 Å². The molecule has 0 saturated heterocycles. The van der Waals surface area contributed by atoms with Crippen molar-refractivity contribution in [3.05, 3.63) is 89.1 Å². The standard InChI is InChI=1S/C19H19NOS/c1-16-9-11-18(12-10-16)22(21)19-8-5-13-20(15-19)14-17-6-3-2-4-7-17/h2-7,9-13,15H,8,14H2,1H3. The van der Waals surface area contributed by atoms with E-state index in [0.29, 0.717) is 0 Å². The maximum absolute atomic E-state index is 12.7. The minimum atomic E-state index is -1.09. The lowest BCUT2D eigenvalue weighted by Crippen LogP contribution is -2.14. The Hall–Kier alpha value is -2.13. The minimum Gasteiger partial charge on any atom is -0.349 e. The molecule has 22 heavy (non-hydrogen) atoms. The summed E-state index contributed by atoms with van der Waals surface area (Å²) in [4.78, 5) is 3.91. The van der Waals surface area contributed by atoms with E-state index in [9.17, 15) is 4.21 Å². The first-order valence-electron chi connectivity index (χ1n) is 7.38. The molecule has 0 fully saturated rings. The van der Waals surface area contributed by atoms with Crippen molar-refractivity contribution in [3.63, 3.8) is 0 Å². The van der Waals surface area contributed by atoms with Crippen LogP contribution in [0.4, 0.5) is 0 Å². The first-order valence-corrected chi connectivity index (χ1v) is 8.53. The number of aryl methyl sites for hydroxylation is 1. The molecule has 0 aromatic heterocycles. The molecule has 1 aliphatic rings. The number of hydrogen-bond donors (Lipinski definition) is 0. The molecule has 2 aromatic rings. The van der Waals surface area contributed by atoms with Gasteiger partial charge in [0, 0.05) is 35.2 Å². The molecule has 0 spiro atoms. The van der Waals surface area contributed by atoms with E-state index in [-0.39, 0.29) is 0 Å². The van der Waals surface area contributed by atoms with Gasteiger partial charge in [-0.25, -0.2) is 4.21 Å². The van der Waals surface area contributed by atoms with Crippen LogP contribution in [0.5, 0.6) is 0 Å². The molecular weight excluding hydrogens is 290 g/mol. The summed E-state index contributed by atoms with van der Waals surface area (Å²) in [6.45, 7) is 2.84. The van der Waals surface area contributed by atoms with E-state index in [0.717, 1.165) is 22.8 Å². The van der Waals surface area contributed by atoms with Crippen LogP contribution in [0.15, 0.2) is 82.9 Å². The molecule has 3 heteroatoms. The van der Waals surface area contributed by atoms with Gasteiger partial charge in [0.15, 0.2) is 0 Å². The predicted molar refractivity (Wildman–Crippen MR) is 91.4 cm³/mol. The van der Waals surface area contributed by atoms with Crippen molar-refractivity contribution >= 4 is 10.8 Å². The Morgan fingerprint density at radius 3 is 2.50 bits per heavy atom. The van der Waals surface area contributed by atoms with E-state index in [1.54, 1.807) is 0 Å². The highest BCUT2D eigenvalue weighted by molar-refractivity contribution is 7.89. The topological polar surface area (TPSA) is 20.3 Å². The maximum atomic E-state index is 12.7. The van der Waals surface area contributed by atoms with Crippen LogP contribution < -0.4 is 0 Å². The summed E-state index contributed by atoms with van der Waals surface area (Å²) in [7, 11) is -1.09. The average Bonchev–Trinajstić information content (AvgIpc) is 2.56. The molecule has 0 bridgehead atoms. The van der Waals surface area contributed by atoms with Crippen molar-refractivity contribution in [1.29, 1.82) is 0 Å². The van der Waals surface area contributed by atoms with Gasteiger partial charge in [0.25, 0.3) is 0 Å². The Morgan fingerprint density at radius 2 is 1.77 bits per heavy atom. The van der Waals surface area contributed by atoms with Crippen molar-refractivity contribution in [3.8, 4) is 0 Å². The molecule has 1 unspecified atom stereocenters. The van der Waals surface area contributed by atoms with E-state index in [4.69, 9.17) is 0 Å². The highest BCUT2D eigenvalue weighted by Crippen LogP contribution is 2.23. The van der Waals surface area contributed by atoms with E-state index in [1.807, 2.05) is 55.6 Å². The first kappa shape index (κ1) is 14.8. The molecule has 2 aromatic carbocycles. The lowest BCUT2D eigenvalue weighted by molar-refractivity contribution is 0.490. The highest BCUT2D eigenvalue weighted by Gasteiger charge is 2.13. The fourth-order valence-electron chi connectivity index (χ4n) is 2.41. The Labute approximate surface area is 134 Å². The molecule has 1 heterocycles. The second kappa shape index (κ2) is 6.75. The van der Waals surface area contributed by atoms with Gasteiger partial charge in [0.2, 0.25) is 0 Å². The Kier molecular flexibility index (Phi) is 4.54. The maximum Gasteiger partial charge on any atom is 0.0826 e. The van der Waals surface area contributed by atoms with Gasteiger partial charge in [-0.3, -0.25) is 0 Å². The van der Waals surface area contributed by atoms with E-state index in [2.05, 4.69) is 29.3 Å². The Morgan fingerprint density at radius 1 is 1.05 bits per heavy atom. The van der Waals surface area contributed by atoms with Gasteiger partial charge in [0.05, 0.1) is 10.8 Å². The van der Waals surface area contributed by atoms with Crippen LogP contribution in [0.3, 0.4) is 0 Å². The molecule has 2 nitrogen and oxygen atoms in total. The summed E-state index contributed by atoms with van der Waals surface area (Å²) in [6, 6.07) is 18.2. The quantitative estimate of drug-likeness (QED) is 0.836. The summed E-state index contributed by atoms with van der Waals surface area (Å²) in [5.74, 6) is 0. The van der Waals surface area contributed by atoms with Gasteiger partial charge >= 0.3 is 0 Å². The summed E-state index contributed by atoms with van der Waals surface area (Å²) >= 11 is 0. The number of allylic oxidation sites excluding steroid dienone is 2. The van der Waals surface area contributed by atoms with Crippen LogP contribution >= 0.6 is 0 Å². The molecule has 0 saturated carbocycles. The molecule has 3 rings (SSSR count). The SMILES string of the molecule is Cc1ccc(S(=O)C2=CN(Cc3ccccc3)C=CC2)cc1. The molecule has 0 amide bonds. The Bertz CT molecular complexity index is 717. The van der Waals surface area contributed by atoms with Crippen LogP contribution in [0.25, 0.3) is 0 Å². The monoisotopic (exact) mass is 309 g/mol. The van der Waals surface area contributed by atoms with Gasteiger partial charge in [-0.05, 0) is 24.6 Å². The zero-order valence-electron chi connectivity index (χ0n) is 12.6. The third kappa shape index (κ3) is 3.55. The van der Waals surface area contributed by atoms with Crippen molar-refractivity contribution < 1.29 is 4.21 Å². The van der Waals surface area contributed by atoms with Crippen molar-refractivity contribution in [2.24, 2.45) is 0 Å². The third-order valence-corrected chi connectivity index (χ3v) is 5.06. The normalized spacial score (nSPS) is 15.5. The van der Waals surface area contributed by atoms with Gasteiger partial charge in [-0.15, -0.1) is 0 Å². The molecule has 0 aliphatic carbocycles. The molecule has 112 valence electrons. The lowest BCUT2D eigenvalue weighted by Gasteiger charge is -2.21. The molecule has 1 atom stereocenters. The van der Waals surface area contributed by atoms with Crippen LogP contribution in [0, 0.1) is 6.92 Å². The van der Waals surface area contributed by atoms with Crippen molar-refractivity contribution in [2.75, 3.05) is 0 Å². The van der Waals surface area contributed by atoms with Crippen LogP contribution in [0.1, 0.15) is 17.5 Å². The van der Waals surface area contributed by atoms with Crippen molar-refractivity contribution in [1.82, 2.24) is 4.90 Å². The minimum absolute atomic E-state index is 0.742. The second-order valence-corrected chi connectivity index (χ2v) is 6.96. The smallest absolute Gasteiger partial charge is 0.0826 e. The predicted octanol–water partition coefficient (Wildman–Crippen LogP) is 4.36. The molecule has 0 N–H and O–H groups in total. The third-order valence-electron chi connectivity index (χ3n) is 3.61. The van der Waals surface area contributed by atoms with Crippen LogP contribution in [-0.2, 0) is 17.3 Å². The number of rotatable bonds is 4. The largest absolute Gasteiger partial charge is 0.349 e. The average molecular weight is 309 g/mol. The van der Waals surface area contributed by atoms with E-state index in [1.165, 1.54) is 11.1 Å². The van der Waals surface area contributed by atoms with E-state index < -0.39 is 10.8 Å². The molecular formula is C19H19NOS. The van der Waals surface area contributed by atoms with Crippen LogP contribution in [-0.4, -0.2) is 9.11 Å².